The summed E-state index contributed by atoms with van der Waals surface area (Å²) in [5, 5.41) is 0. The lowest BCUT2D eigenvalue weighted by atomic mass is 9.97. The quantitative estimate of drug-likeness (QED) is 0.599. The second kappa shape index (κ2) is 4.27. The Morgan fingerprint density at radius 1 is 1.08 bits per heavy atom. The lowest BCUT2D eigenvalue weighted by Crippen LogP contribution is -1.93. The summed E-state index contributed by atoms with van der Waals surface area (Å²) in [6.45, 7) is 8.64. The van der Waals surface area contributed by atoms with E-state index in [1.54, 1.807) is 0 Å². The minimum absolute atomic E-state index is 1.06. The Balaban J connectivity index is 3.03. The highest BCUT2D eigenvalue weighted by Gasteiger charge is 2.01. The van der Waals surface area contributed by atoms with Crippen molar-refractivity contribution >= 4 is 0 Å². The van der Waals surface area contributed by atoms with E-state index in [-0.39, 0.29) is 0 Å². The molecule has 0 spiro atoms. The molecule has 0 unspecified atom stereocenters. The molecule has 0 heterocycles. The molecule has 0 saturated heterocycles. The van der Waals surface area contributed by atoms with Gasteiger partial charge in [-0.2, -0.15) is 0 Å². The van der Waals surface area contributed by atoms with Gasteiger partial charge in [0.25, 0.3) is 0 Å². The number of allylic oxidation sites excluding steroid dienone is 2. The first-order valence-corrected chi connectivity index (χ1v) is 4.83. The SMILES string of the molecule is CC=CCc1ccc(C)c(C)c1C. The minimum Gasteiger partial charge on any atom is -0.0913 e. The normalized spacial score (nSPS) is 11.1. The summed E-state index contributed by atoms with van der Waals surface area (Å²) in [7, 11) is 0. The van der Waals surface area contributed by atoms with Crippen LogP contribution in [0.15, 0.2) is 24.3 Å². The second-order valence-corrected chi connectivity index (χ2v) is 3.56. The molecule has 0 aromatic heterocycles. The maximum absolute atomic E-state index is 2.23. The van der Waals surface area contributed by atoms with Crippen molar-refractivity contribution in [3.8, 4) is 0 Å². The van der Waals surface area contributed by atoms with Crippen LogP contribution in [0.1, 0.15) is 29.2 Å². The monoisotopic (exact) mass is 174 g/mol. The number of hydrogen-bond donors (Lipinski definition) is 0. The van der Waals surface area contributed by atoms with Gasteiger partial charge in [0.2, 0.25) is 0 Å². The van der Waals surface area contributed by atoms with Crippen LogP contribution in [0.5, 0.6) is 0 Å². The van der Waals surface area contributed by atoms with E-state index in [4.69, 9.17) is 0 Å². The van der Waals surface area contributed by atoms with Crippen LogP contribution >= 0.6 is 0 Å². The Morgan fingerprint density at radius 2 is 1.77 bits per heavy atom. The van der Waals surface area contributed by atoms with Crippen molar-refractivity contribution in [1.29, 1.82) is 0 Å². The molecule has 0 N–H and O–H groups in total. The van der Waals surface area contributed by atoms with E-state index in [2.05, 4.69) is 52.0 Å². The fraction of sp³-hybridized carbons (Fsp3) is 0.385. The highest BCUT2D eigenvalue weighted by atomic mass is 14.1. The molecular weight excluding hydrogens is 156 g/mol. The van der Waals surface area contributed by atoms with Gasteiger partial charge in [-0.1, -0.05) is 24.3 Å². The second-order valence-electron chi connectivity index (χ2n) is 3.56. The van der Waals surface area contributed by atoms with E-state index in [0.717, 1.165) is 6.42 Å². The molecule has 1 aromatic carbocycles. The predicted octanol–water partition coefficient (Wildman–Crippen LogP) is 3.73. The van der Waals surface area contributed by atoms with E-state index >= 15 is 0 Å². The first-order valence-electron chi connectivity index (χ1n) is 4.83. The minimum atomic E-state index is 1.06. The largest absolute Gasteiger partial charge is 0.0913 e. The highest BCUT2D eigenvalue weighted by Crippen LogP contribution is 2.17. The predicted molar refractivity (Wildman–Crippen MR) is 59.2 cm³/mol. The molecule has 0 amide bonds. The van der Waals surface area contributed by atoms with Crippen molar-refractivity contribution in [3.63, 3.8) is 0 Å². The van der Waals surface area contributed by atoms with E-state index in [9.17, 15) is 0 Å². The molecule has 0 saturated carbocycles. The molecule has 0 aliphatic heterocycles. The topological polar surface area (TPSA) is 0 Å². The van der Waals surface area contributed by atoms with Gasteiger partial charge < -0.3 is 0 Å². The van der Waals surface area contributed by atoms with Crippen molar-refractivity contribution in [2.75, 3.05) is 0 Å². The lowest BCUT2D eigenvalue weighted by molar-refractivity contribution is 1.15. The fourth-order valence-corrected chi connectivity index (χ4v) is 1.48. The highest BCUT2D eigenvalue weighted by molar-refractivity contribution is 5.39. The van der Waals surface area contributed by atoms with Gasteiger partial charge in [0.15, 0.2) is 0 Å². The summed E-state index contributed by atoms with van der Waals surface area (Å²) in [4.78, 5) is 0. The van der Waals surface area contributed by atoms with Crippen LogP contribution in [-0.4, -0.2) is 0 Å². The van der Waals surface area contributed by atoms with Gasteiger partial charge in [0.05, 0.1) is 0 Å². The third-order valence-corrected chi connectivity index (χ3v) is 2.74. The standard InChI is InChI=1S/C13H18/c1-5-6-7-13-9-8-10(2)11(3)12(13)4/h5-6,8-9H,7H2,1-4H3. The van der Waals surface area contributed by atoms with Gasteiger partial charge in [0.1, 0.15) is 0 Å². The van der Waals surface area contributed by atoms with Crippen LogP contribution in [0.3, 0.4) is 0 Å². The van der Waals surface area contributed by atoms with Crippen LogP contribution in [0, 0.1) is 20.8 Å². The summed E-state index contributed by atoms with van der Waals surface area (Å²) in [5.74, 6) is 0. The maximum atomic E-state index is 2.23. The molecular formula is C13H18. The van der Waals surface area contributed by atoms with Crippen LogP contribution < -0.4 is 0 Å². The van der Waals surface area contributed by atoms with Crippen molar-refractivity contribution in [3.05, 3.63) is 46.5 Å². The lowest BCUT2D eigenvalue weighted by Gasteiger charge is -2.09. The van der Waals surface area contributed by atoms with E-state index in [1.165, 1.54) is 22.3 Å². The molecule has 13 heavy (non-hydrogen) atoms. The van der Waals surface area contributed by atoms with Crippen LogP contribution in [-0.2, 0) is 6.42 Å². The van der Waals surface area contributed by atoms with Crippen molar-refractivity contribution < 1.29 is 0 Å². The number of rotatable bonds is 2. The van der Waals surface area contributed by atoms with E-state index < -0.39 is 0 Å². The third-order valence-electron chi connectivity index (χ3n) is 2.74. The Bertz CT molecular complexity index is 319. The van der Waals surface area contributed by atoms with Crippen LogP contribution in [0.2, 0.25) is 0 Å². The summed E-state index contributed by atoms with van der Waals surface area (Å²) < 4.78 is 0. The summed E-state index contributed by atoms with van der Waals surface area (Å²) >= 11 is 0. The zero-order valence-electron chi connectivity index (χ0n) is 9.02. The smallest absolute Gasteiger partial charge is 0.00948 e. The number of hydrogen-bond acceptors (Lipinski definition) is 0. The molecule has 0 aliphatic rings. The zero-order chi connectivity index (χ0) is 9.84. The van der Waals surface area contributed by atoms with Crippen molar-refractivity contribution in [2.45, 2.75) is 34.1 Å². The van der Waals surface area contributed by atoms with Gasteiger partial charge >= 0.3 is 0 Å². The molecule has 0 radical (unpaired) electrons. The molecule has 0 aliphatic carbocycles. The molecule has 0 fully saturated rings. The maximum Gasteiger partial charge on any atom is -0.00948 e. The fourth-order valence-electron chi connectivity index (χ4n) is 1.48. The van der Waals surface area contributed by atoms with Gasteiger partial charge in [-0.05, 0) is 56.4 Å². The van der Waals surface area contributed by atoms with E-state index in [0.29, 0.717) is 0 Å². The van der Waals surface area contributed by atoms with Crippen LogP contribution in [0.25, 0.3) is 0 Å². The Morgan fingerprint density at radius 3 is 2.38 bits per heavy atom. The molecule has 70 valence electrons. The Labute approximate surface area is 81.3 Å². The first-order chi connectivity index (χ1) is 6.16. The van der Waals surface area contributed by atoms with Gasteiger partial charge in [-0.15, -0.1) is 0 Å². The third kappa shape index (κ3) is 2.21. The average Bonchev–Trinajstić information content (AvgIpc) is 2.13. The first kappa shape index (κ1) is 10.0. The molecule has 0 heteroatoms. The van der Waals surface area contributed by atoms with Crippen molar-refractivity contribution in [2.24, 2.45) is 0 Å². The summed E-state index contributed by atoms with van der Waals surface area (Å²) in [6.07, 6.45) is 5.37. The Hall–Kier alpha value is -1.04. The zero-order valence-corrected chi connectivity index (χ0v) is 9.02. The Kier molecular flexibility index (Phi) is 3.30. The van der Waals surface area contributed by atoms with Crippen molar-refractivity contribution in [1.82, 2.24) is 0 Å². The molecule has 1 rings (SSSR count). The molecule has 0 nitrogen and oxygen atoms in total. The molecule has 0 atom stereocenters. The van der Waals surface area contributed by atoms with Gasteiger partial charge in [-0.25, -0.2) is 0 Å². The molecule has 0 bridgehead atoms. The average molecular weight is 174 g/mol. The van der Waals surface area contributed by atoms with E-state index in [1.807, 2.05) is 0 Å². The summed E-state index contributed by atoms with van der Waals surface area (Å²) in [6, 6.07) is 4.44. The number of aryl methyl sites for hydroxylation is 1. The van der Waals surface area contributed by atoms with Gasteiger partial charge in [-0.3, -0.25) is 0 Å². The molecule has 1 aromatic rings. The van der Waals surface area contributed by atoms with Crippen LogP contribution in [0.4, 0.5) is 0 Å². The van der Waals surface area contributed by atoms with Gasteiger partial charge in [0, 0.05) is 0 Å². The summed E-state index contributed by atoms with van der Waals surface area (Å²) in [5.41, 5.74) is 5.71. The number of benzene rings is 1.